The number of ether oxygens (including phenoxy) is 2. The van der Waals surface area contributed by atoms with Crippen LogP contribution in [0, 0.1) is 6.92 Å². The van der Waals surface area contributed by atoms with Gasteiger partial charge in [-0.1, -0.05) is 18.5 Å². The van der Waals surface area contributed by atoms with E-state index < -0.39 is 11.9 Å². The molecule has 0 bridgehead atoms. The zero-order chi connectivity index (χ0) is 22.3. The highest BCUT2D eigenvalue weighted by Gasteiger charge is 2.17. The summed E-state index contributed by atoms with van der Waals surface area (Å²) in [6.45, 7) is 7.10. The number of benzene rings is 2. The topological polar surface area (TPSA) is 88.1 Å². The van der Waals surface area contributed by atoms with Crippen molar-refractivity contribution in [3.63, 3.8) is 0 Å². The van der Waals surface area contributed by atoms with Gasteiger partial charge in [-0.05, 0) is 69.8 Å². The number of halogens is 1. The summed E-state index contributed by atoms with van der Waals surface area (Å²) in [6.07, 6.45) is 1.02. The Morgan fingerprint density at radius 3 is 2.57 bits per heavy atom. The Morgan fingerprint density at radius 1 is 1.20 bits per heavy atom. The number of carbonyl (C=O) groups is 2. The summed E-state index contributed by atoms with van der Waals surface area (Å²) < 4.78 is 10.6. The number of nitrogens with one attached hydrogen (secondary N) is 1. The molecule has 1 amide bonds. The van der Waals surface area contributed by atoms with Crippen LogP contribution in [0.1, 0.15) is 31.4 Å². The minimum atomic E-state index is -0.962. The van der Waals surface area contributed by atoms with E-state index >= 15 is 0 Å². The van der Waals surface area contributed by atoms with Crippen LogP contribution in [0.15, 0.2) is 30.3 Å². The number of phenols is 1. The second-order valence-electron chi connectivity index (χ2n) is 6.91. The molecule has 0 saturated heterocycles. The van der Waals surface area contributed by atoms with Crippen LogP contribution in [0.2, 0.25) is 5.02 Å². The maximum atomic E-state index is 11.8. The Labute approximate surface area is 181 Å². The second kappa shape index (κ2) is 10.8. The number of aryl methyl sites for hydroxylation is 1. The Balaban J connectivity index is 2.19. The number of aromatic hydroxyl groups is 1. The molecule has 0 atom stereocenters. The lowest BCUT2D eigenvalue weighted by Crippen LogP contribution is -2.25. The molecular formula is C22H27ClN2O5. The first-order valence-corrected chi connectivity index (χ1v) is 10.1. The van der Waals surface area contributed by atoms with Crippen LogP contribution < -0.4 is 10.1 Å². The van der Waals surface area contributed by atoms with Crippen molar-refractivity contribution in [3.8, 4) is 17.2 Å². The van der Waals surface area contributed by atoms with E-state index in [1.54, 1.807) is 38.1 Å². The molecule has 2 aromatic rings. The molecular weight excluding hydrogens is 408 g/mol. The molecule has 7 nitrogen and oxygen atoms in total. The first-order chi connectivity index (χ1) is 14.2. The summed E-state index contributed by atoms with van der Waals surface area (Å²) in [5.41, 5.74) is 1.77. The molecule has 30 heavy (non-hydrogen) atoms. The predicted molar refractivity (Wildman–Crippen MR) is 116 cm³/mol. The van der Waals surface area contributed by atoms with Gasteiger partial charge in [0.1, 0.15) is 17.2 Å². The molecule has 0 heterocycles. The summed E-state index contributed by atoms with van der Waals surface area (Å²) in [4.78, 5) is 25.4. The summed E-state index contributed by atoms with van der Waals surface area (Å²) in [6, 6.07) is 8.16. The number of rotatable bonds is 8. The van der Waals surface area contributed by atoms with Crippen molar-refractivity contribution < 1.29 is 24.2 Å². The monoisotopic (exact) mass is 434 g/mol. The molecule has 0 aliphatic carbocycles. The van der Waals surface area contributed by atoms with Crippen molar-refractivity contribution in [1.29, 1.82) is 0 Å². The standard InChI is InChI=1S/C22H27ClN2O5/c1-5-9-25(4)13-15-11-17(7-8-19(15)26)30-20-14(3)10-16(12-18(20)23)24-21(27)22(28)29-6-2/h7-8,10-12,26H,5-6,9,13H2,1-4H3,(H,24,27). The smallest absolute Gasteiger partial charge is 0.397 e. The molecule has 2 aromatic carbocycles. The largest absolute Gasteiger partial charge is 0.508 e. The van der Waals surface area contributed by atoms with Crippen LogP contribution in [0.5, 0.6) is 17.2 Å². The van der Waals surface area contributed by atoms with E-state index in [2.05, 4.69) is 21.9 Å². The minimum Gasteiger partial charge on any atom is -0.508 e. The molecule has 0 aliphatic heterocycles. The number of hydrogen-bond donors (Lipinski definition) is 2. The summed E-state index contributed by atoms with van der Waals surface area (Å²) in [7, 11) is 1.99. The van der Waals surface area contributed by atoms with Crippen molar-refractivity contribution in [2.75, 3.05) is 25.5 Å². The van der Waals surface area contributed by atoms with Crippen LogP contribution in [-0.4, -0.2) is 42.1 Å². The van der Waals surface area contributed by atoms with Gasteiger partial charge in [0, 0.05) is 17.8 Å². The van der Waals surface area contributed by atoms with E-state index in [-0.39, 0.29) is 17.4 Å². The molecule has 0 aliphatic rings. The average Bonchev–Trinajstić information content (AvgIpc) is 2.67. The van der Waals surface area contributed by atoms with E-state index in [9.17, 15) is 14.7 Å². The quantitative estimate of drug-likeness (QED) is 0.470. The fourth-order valence-corrected chi connectivity index (χ4v) is 3.24. The Kier molecular flexibility index (Phi) is 8.50. The Morgan fingerprint density at radius 2 is 1.93 bits per heavy atom. The van der Waals surface area contributed by atoms with Crippen molar-refractivity contribution in [2.45, 2.75) is 33.7 Å². The molecule has 2 rings (SSSR count). The first kappa shape index (κ1) is 23.5. The fourth-order valence-electron chi connectivity index (χ4n) is 2.93. The van der Waals surface area contributed by atoms with Gasteiger partial charge < -0.3 is 24.8 Å². The minimum absolute atomic E-state index is 0.113. The molecule has 0 aromatic heterocycles. The van der Waals surface area contributed by atoms with Gasteiger partial charge in [-0.3, -0.25) is 4.79 Å². The number of esters is 1. The van der Waals surface area contributed by atoms with Gasteiger partial charge in [0.2, 0.25) is 0 Å². The normalized spacial score (nSPS) is 10.7. The predicted octanol–water partition coefficient (Wildman–Crippen LogP) is 4.49. The van der Waals surface area contributed by atoms with Gasteiger partial charge in [0.25, 0.3) is 0 Å². The van der Waals surface area contributed by atoms with Gasteiger partial charge >= 0.3 is 11.9 Å². The van der Waals surface area contributed by atoms with Crippen LogP contribution >= 0.6 is 11.6 Å². The van der Waals surface area contributed by atoms with E-state index in [1.807, 2.05) is 7.05 Å². The molecule has 162 valence electrons. The van der Waals surface area contributed by atoms with Crippen LogP contribution in [0.3, 0.4) is 0 Å². The van der Waals surface area contributed by atoms with Crippen molar-refractivity contribution in [3.05, 3.63) is 46.5 Å². The van der Waals surface area contributed by atoms with Gasteiger partial charge in [-0.2, -0.15) is 0 Å². The van der Waals surface area contributed by atoms with Gasteiger partial charge in [-0.25, -0.2) is 4.79 Å². The lowest BCUT2D eigenvalue weighted by Gasteiger charge is -2.18. The highest BCUT2D eigenvalue weighted by atomic mass is 35.5. The van der Waals surface area contributed by atoms with E-state index in [0.29, 0.717) is 29.3 Å². The zero-order valence-electron chi connectivity index (χ0n) is 17.6. The maximum Gasteiger partial charge on any atom is 0.397 e. The molecule has 8 heteroatoms. The zero-order valence-corrected chi connectivity index (χ0v) is 18.4. The molecule has 0 unspecified atom stereocenters. The summed E-state index contributed by atoms with van der Waals surface area (Å²) in [5.74, 6) is -0.688. The van der Waals surface area contributed by atoms with Crippen molar-refractivity contribution in [1.82, 2.24) is 4.90 Å². The number of hydrogen-bond acceptors (Lipinski definition) is 6. The number of phenolic OH excluding ortho intramolecular Hbond substituents is 1. The first-order valence-electron chi connectivity index (χ1n) is 9.71. The molecule has 0 radical (unpaired) electrons. The van der Waals surface area contributed by atoms with Gasteiger partial charge in [-0.15, -0.1) is 0 Å². The highest BCUT2D eigenvalue weighted by Crippen LogP contribution is 2.36. The van der Waals surface area contributed by atoms with Gasteiger partial charge in [0.05, 0.1) is 11.6 Å². The average molecular weight is 435 g/mol. The van der Waals surface area contributed by atoms with E-state index in [1.165, 1.54) is 6.07 Å². The number of anilines is 1. The highest BCUT2D eigenvalue weighted by molar-refractivity contribution is 6.37. The third-order valence-corrected chi connectivity index (χ3v) is 4.55. The third-order valence-electron chi connectivity index (χ3n) is 4.26. The van der Waals surface area contributed by atoms with Crippen LogP contribution in [-0.2, 0) is 20.9 Å². The van der Waals surface area contributed by atoms with Gasteiger partial charge in [0.15, 0.2) is 0 Å². The molecule has 2 N–H and O–H groups in total. The Hall–Kier alpha value is -2.77. The van der Waals surface area contributed by atoms with Crippen LogP contribution in [0.4, 0.5) is 5.69 Å². The van der Waals surface area contributed by atoms with Crippen molar-refractivity contribution >= 4 is 29.2 Å². The van der Waals surface area contributed by atoms with E-state index in [4.69, 9.17) is 16.3 Å². The SMILES string of the molecule is CCCN(C)Cc1cc(Oc2c(C)cc(NC(=O)C(=O)OCC)cc2Cl)ccc1O. The fraction of sp³-hybridized carbons (Fsp3) is 0.364. The third kappa shape index (κ3) is 6.37. The van der Waals surface area contributed by atoms with Crippen LogP contribution in [0.25, 0.3) is 0 Å². The number of nitrogens with zero attached hydrogens (tertiary/aromatic N) is 1. The lowest BCUT2D eigenvalue weighted by atomic mass is 10.1. The van der Waals surface area contributed by atoms with Crippen molar-refractivity contribution in [2.24, 2.45) is 0 Å². The van der Waals surface area contributed by atoms with E-state index in [0.717, 1.165) is 18.5 Å². The Bertz CT molecular complexity index is 893. The number of amides is 1. The molecule has 0 spiro atoms. The maximum absolute atomic E-state index is 11.8. The summed E-state index contributed by atoms with van der Waals surface area (Å²) in [5, 5.41) is 12.9. The molecule has 0 saturated carbocycles. The second-order valence-corrected chi connectivity index (χ2v) is 7.32. The summed E-state index contributed by atoms with van der Waals surface area (Å²) >= 11 is 6.36. The molecule has 0 fully saturated rings. The lowest BCUT2D eigenvalue weighted by molar-refractivity contribution is -0.152. The number of carbonyl (C=O) groups excluding carboxylic acids is 2.